The van der Waals surface area contributed by atoms with Gasteiger partial charge in [0.25, 0.3) is 0 Å². The van der Waals surface area contributed by atoms with Crippen LogP contribution in [0.2, 0.25) is 0 Å². The average molecular weight is 316 g/mol. The van der Waals surface area contributed by atoms with Gasteiger partial charge in [-0.2, -0.15) is 0 Å². The van der Waals surface area contributed by atoms with Gasteiger partial charge in [-0.1, -0.05) is 31.2 Å². The van der Waals surface area contributed by atoms with Gasteiger partial charge in [0.1, 0.15) is 0 Å². The Balaban J connectivity index is 2.36. The van der Waals surface area contributed by atoms with Gasteiger partial charge >= 0.3 is 0 Å². The van der Waals surface area contributed by atoms with Gasteiger partial charge in [0.15, 0.2) is 0 Å². The number of hydrogen-bond donors (Lipinski definition) is 0. The number of alkyl halides is 1. The smallest absolute Gasteiger partial charge is 0.0930 e. The van der Waals surface area contributed by atoms with E-state index in [1.807, 2.05) is 12.1 Å². The second-order valence-corrected chi connectivity index (χ2v) is 6.49. The van der Waals surface area contributed by atoms with E-state index in [9.17, 15) is 0 Å². The van der Waals surface area contributed by atoms with E-state index in [0.717, 1.165) is 10.2 Å². The summed E-state index contributed by atoms with van der Waals surface area (Å²) in [6, 6.07) is 12.5. The molecule has 0 aliphatic heterocycles. The van der Waals surface area contributed by atoms with Crippen molar-refractivity contribution in [1.82, 2.24) is 0 Å². The fourth-order valence-electron chi connectivity index (χ4n) is 1.72. The van der Waals surface area contributed by atoms with E-state index in [1.165, 1.54) is 16.0 Å². The summed E-state index contributed by atoms with van der Waals surface area (Å²) in [5, 5.41) is -0.0348. The Morgan fingerprint density at radius 1 is 1.25 bits per heavy atom. The molecular weight excluding hydrogens is 304 g/mol. The van der Waals surface area contributed by atoms with Crippen molar-refractivity contribution >= 4 is 38.9 Å². The van der Waals surface area contributed by atoms with Crippen molar-refractivity contribution in [2.24, 2.45) is 0 Å². The number of rotatable bonds is 3. The van der Waals surface area contributed by atoms with Crippen molar-refractivity contribution in [3.63, 3.8) is 0 Å². The van der Waals surface area contributed by atoms with Crippen LogP contribution in [-0.2, 0) is 6.42 Å². The third-order valence-corrected chi connectivity index (χ3v) is 4.84. The fourth-order valence-corrected chi connectivity index (χ4v) is 3.56. The van der Waals surface area contributed by atoms with Gasteiger partial charge in [0, 0.05) is 4.88 Å². The maximum atomic E-state index is 6.52. The zero-order valence-electron chi connectivity index (χ0n) is 8.91. The van der Waals surface area contributed by atoms with Crippen LogP contribution in [0.15, 0.2) is 40.2 Å². The van der Waals surface area contributed by atoms with Crippen molar-refractivity contribution in [3.05, 3.63) is 56.2 Å². The van der Waals surface area contributed by atoms with Crippen LogP contribution in [0.3, 0.4) is 0 Å². The molecule has 0 radical (unpaired) electrons. The van der Waals surface area contributed by atoms with Gasteiger partial charge in [-0.15, -0.1) is 22.9 Å². The van der Waals surface area contributed by atoms with Gasteiger partial charge in [0.2, 0.25) is 0 Å². The van der Waals surface area contributed by atoms with Crippen LogP contribution in [0.4, 0.5) is 0 Å². The first-order valence-corrected chi connectivity index (χ1v) is 7.24. The Hall–Kier alpha value is -0.310. The van der Waals surface area contributed by atoms with Crippen LogP contribution >= 0.6 is 38.9 Å². The topological polar surface area (TPSA) is 0 Å². The molecule has 2 aromatic rings. The largest absolute Gasteiger partial charge is 0.131 e. The first-order valence-electron chi connectivity index (χ1n) is 5.19. The number of aryl methyl sites for hydroxylation is 1. The molecule has 3 heteroatoms. The summed E-state index contributed by atoms with van der Waals surface area (Å²) in [5.74, 6) is 0. The number of thiophene rings is 1. The zero-order chi connectivity index (χ0) is 11.5. The summed E-state index contributed by atoms with van der Waals surface area (Å²) in [7, 11) is 0. The second-order valence-electron chi connectivity index (χ2n) is 3.56. The van der Waals surface area contributed by atoms with E-state index in [4.69, 9.17) is 11.6 Å². The molecule has 0 aliphatic carbocycles. The van der Waals surface area contributed by atoms with E-state index < -0.39 is 0 Å². The van der Waals surface area contributed by atoms with Crippen LogP contribution in [0.25, 0.3) is 0 Å². The molecule has 0 fully saturated rings. The van der Waals surface area contributed by atoms with Crippen LogP contribution in [0.1, 0.15) is 28.3 Å². The van der Waals surface area contributed by atoms with Crippen molar-refractivity contribution in [1.29, 1.82) is 0 Å². The third kappa shape index (κ3) is 2.50. The SMILES string of the molecule is CCc1ccccc1C(Cl)c1ccc(Br)s1. The van der Waals surface area contributed by atoms with E-state index in [0.29, 0.717) is 0 Å². The van der Waals surface area contributed by atoms with E-state index >= 15 is 0 Å². The molecule has 0 spiro atoms. The van der Waals surface area contributed by atoms with E-state index in [2.05, 4.69) is 47.1 Å². The number of halogens is 2. The number of benzene rings is 1. The molecule has 0 nitrogen and oxygen atoms in total. The molecular formula is C13H12BrClS. The lowest BCUT2D eigenvalue weighted by atomic mass is 10.0. The lowest BCUT2D eigenvalue weighted by molar-refractivity contribution is 1.05. The van der Waals surface area contributed by atoms with Gasteiger partial charge in [-0.25, -0.2) is 0 Å². The van der Waals surface area contributed by atoms with Crippen LogP contribution in [0, 0.1) is 0 Å². The summed E-state index contributed by atoms with van der Waals surface area (Å²) in [5.41, 5.74) is 2.55. The van der Waals surface area contributed by atoms with Gasteiger partial charge in [-0.05, 0) is 45.6 Å². The molecule has 0 saturated heterocycles. The van der Waals surface area contributed by atoms with E-state index in [-0.39, 0.29) is 5.38 Å². The quantitative estimate of drug-likeness (QED) is 0.665. The fraction of sp³-hybridized carbons (Fsp3) is 0.231. The molecule has 16 heavy (non-hydrogen) atoms. The lowest BCUT2D eigenvalue weighted by Gasteiger charge is -2.12. The molecule has 1 unspecified atom stereocenters. The highest BCUT2D eigenvalue weighted by atomic mass is 79.9. The standard InChI is InChI=1S/C13H12BrClS/c1-2-9-5-3-4-6-10(9)13(15)11-7-8-12(14)16-11/h3-8,13H,2H2,1H3. The predicted octanol–water partition coefficient (Wildman–Crippen LogP) is 5.40. The molecule has 84 valence electrons. The summed E-state index contributed by atoms with van der Waals surface area (Å²) in [6.07, 6.45) is 1.02. The molecule has 1 aromatic heterocycles. The summed E-state index contributed by atoms with van der Waals surface area (Å²) in [6.45, 7) is 2.16. The Morgan fingerprint density at radius 2 is 2.00 bits per heavy atom. The van der Waals surface area contributed by atoms with Crippen molar-refractivity contribution in [2.45, 2.75) is 18.7 Å². The minimum atomic E-state index is -0.0348. The predicted molar refractivity (Wildman–Crippen MR) is 75.5 cm³/mol. The minimum Gasteiger partial charge on any atom is -0.131 e. The van der Waals surface area contributed by atoms with Crippen LogP contribution in [0.5, 0.6) is 0 Å². The number of hydrogen-bond acceptors (Lipinski definition) is 1. The summed E-state index contributed by atoms with van der Waals surface area (Å²) in [4.78, 5) is 1.19. The normalized spacial score (nSPS) is 12.7. The third-order valence-electron chi connectivity index (χ3n) is 2.55. The zero-order valence-corrected chi connectivity index (χ0v) is 12.1. The molecule has 0 bridgehead atoms. The highest BCUT2D eigenvalue weighted by Gasteiger charge is 2.15. The lowest BCUT2D eigenvalue weighted by Crippen LogP contribution is -1.95. The van der Waals surface area contributed by atoms with Crippen LogP contribution < -0.4 is 0 Å². The van der Waals surface area contributed by atoms with Gasteiger partial charge < -0.3 is 0 Å². The van der Waals surface area contributed by atoms with E-state index in [1.54, 1.807) is 11.3 Å². The maximum absolute atomic E-state index is 6.52. The Kier molecular flexibility index (Phi) is 4.06. The summed E-state index contributed by atoms with van der Waals surface area (Å²) < 4.78 is 1.13. The second kappa shape index (κ2) is 5.35. The van der Waals surface area contributed by atoms with Crippen molar-refractivity contribution in [2.75, 3.05) is 0 Å². The maximum Gasteiger partial charge on any atom is 0.0930 e. The Morgan fingerprint density at radius 3 is 2.62 bits per heavy atom. The molecule has 1 atom stereocenters. The minimum absolute atomic E-state index is 0.0348. The van der Waals surface area contributed by atoms with Crippen molar-refractivity contribution in [3.8, 4) is 0 Å². The molecule has 0 aliphatic rings. The molecule has 0 N–H and O–H groups in total. The highest BCUT2D eigenvalue weighted by molar-refractivity contribution is 9.11. The molecule has 0 amide bonds. The Bertz CT molecular complexity index is 478. The average Bonchev–Trinajstić information content (AvgIpc) is 2.75. The first kappa shape index (κ1) is 12.2. The Labute approximate surface area is 113 Å². The monoisotopic (exact) mass is 314 g/mol. The van der Waals surface area contributed by atoms with Crippen molar-refractivity contribution < 1.29 is 0 Å². The highest BCUT2D eigenvalue weighted by Crippen LogP contribution is 2.36. The first-order chi connectivity index (χ1) is 7.72. The van der Waals surface area contributed by atoms with Crippen LogP contribution in [-0.4, -0.2) is 0 Å². The summed E-state index contributed by atoms with van der Waals surface area (Å²) >= 11 is 11.7. The molecule has 0 saturated carbocycles. The molecule has 1 aromatic carbocycles. The van der Waals surface area contributed by atoms with Gasteiger partial charge in [-0.3, -0.25) is 0 Å². The molecule has 2 rings (SSSR count). The molecule has 1 heterocycles. The van der Waals surface area contributed by atoms with Gasteiger partial charge in [0.05, 0.1) is 9.16 Å².